The maximum absolute atomic E-state index is 12.2. The first-order chi connectivity index (χ1) is 11.2. The smallest absolute Gasteiger partial charge is 0.255 e. The first-order valence-corrected chi connectivity index (χ1v) is 9.44. The second-order valence-corrected chi connectivity index (χ2v) is 8.10. The van der Waals surface area contributed by atoms with Crippen LogP contribution in [0.5, 0.6) is 0 Å². The van der Waals surface area contributed by atoms with E-state index in [1.54, 1.807) is 49.4 Å². The van der Waals surface area contributed by atoms with Crippen LogP contribution in [0.1, 0.15) is 17.3 Å². The van der Waals surface area contributed by atoms with Crippen LogP contribution >= 0.6 is 23.2 Å². The highest BCUT2D eigenvalue weighted by atomic mass is 35.5. The lowest BCUT2D eigenvalue weighted by atomic mass is 10.2. The number of anilines is 2. The number of rotatable bonds is 5. The Labute approximate surface area is 151 Å². The summed E-state index contributed by atoms with van der Waals surface area (Å²) in [6.07, 6.45) is 0. The minimum Gasteiger partial charge on any atom is -0.322 e. The molecule has 2 aromatic rings. The lowest BCUT2D eigenvalue weighted by molar-refractivity contribution is 0.102. The van der Waals surface area contributed by atoms with Gasteiger partial charge in [-0.15, -0.1) is 0 Å². The van der Waals surface area contributed by atoms with Gasteiger partial charge in [0.05, 0.1) is 21.5 Å². The molecule has 0 aliphatic rings. The molecule has 0 heterocycles. The quantitative estimate of drug-likeness (QED) is 0.842. The number of benzene rings is 2. The van der Waals surface area contributed by atoms with Crippen molar-refractivity contribution in [2.24, 2.45) is 0 Å². The van der Waals surface area contributed by atoms with Crippen LogP contribution in [0, 0.1) is 0 Å². The molecule has 0 aliphatic carbocycles. The number of sulfonamides is 1. The maximum atomic E-state index is 12.2. The van der Waals surface area contributed by atoms with Crippen LogP contribution in [0.15, 0.2) is 42.5 Å². The SMILES string of the molecule is CCS(=O)(=O)N(C)c1ccc(C(=O)Nc2ccc(Cl)c(Cl)c2)cc1. The van der Waals surface area contributed by atoms with Crippen molar-refractivity contribution in [1.82, 2.24) is 0 Å². The molecule has 0 unspecified atom stereocenters. The van der Waals surface area contributed by atoms with Crippen molar-refractivity contribution in [2.75, 3.05) is 22.4 Å². The van der Waals surface area contributed by atoms with E-state index in [9.17, 15) is 13.2 Å². The molecule has 1 N–H and O–H groups in total. The van der Waals surface area contributed by atoms with E-state index in [2.05, 4.69) is 5.32 Å². The average Bonchev–Trinajstić information content (AvgIpc) is 2.57. The van der Waals surface area contributed by atoms with Gasteiger partial charge in [0.15, 0.2) is 0 Å². The summed E-state index contributed by atoms with van der Waals surface area (Å²) in [6.45, 7) is 1.57. The van der Waals surface area contributed by atoms with Crippen LogP contribution in [0.3, 0.4) is 0 Å². The van der Waals surface area contributed by atoms with Crippen LogP contribution in [-0.4, -0.2) is 27.1 Å². The second-order valence-electron chi connectivity index (χ2n) is 5.00. The molecule has 8 heteroatoms. The van der Waals surface area contributed by atoms with Gasteiger partial charge in [-0.3, -0.25) is 9.10 Å². The van der Waals surface area contributed by atoms with E-state index in [-0.39, 0.29) is 11.7 Å². The number of halogens is 2. The van der Waals surface area contributed by atoms with Gasteiger partial charge < -0.3 is 5.32 Å². The van der Waals surface area contributed by atoms with Crippen molar-refractivity contribution in [3.63, 3.8) is 0 Å². The minimum atomic E-state index is -3.34. The minimum absolute atomic E-state index is 0.00304. The number of carbonyl (C=O) groups is 1. The van der Waals surface area contributed by atoms with Crippen LogP contribution in [-0.2, 0) is 10.0 Å². The summed E-state index contributed by atoms with van der Waals surface area (Å²) in [5.41, 5.74) is 1.40. The molecule has 0 aliphatic heterocycles. The molecule has 0 atom stereocenters. The molecule has 0 saturated carbocycles. The summed E-state index contributed by atoms with van der Waals surface area (Å²) in [6, 6.07) is 11.1. The lowest BCUT2D eigenvalue weighted by Gasteiger charge is -2.18. The molecule has 0 radical (unpaired) electrons. The highest BCUT2D eigenvalue weighted by molar-refractivity contribution is 7.92. The number of carbonyl (C=O) groups excluding carboxylic acids is 1. The molecule has 0 aromatic heterocycles. The topological polar surface area (TPSA) is 66.5 Å². The number of hydrogen-bond acceptors (Lipinski definition) is 3. The van der Waals surface area contributed by atoms with Gasteiger partial charge in [-0.05, 0) is 49.4 Å². The van der Waals surface area contributed by atoms with Crippen molar-refractivity contribution in [3.05, 3.63) is 58.1 Å². The summed E-state index contributed by atoms with van der Waals surface area (Å²) < 4.78 is 24.9. The molecular formula is C16H16Cl2N2O3S. The van der Waals surface area contributed by atoms with Gasteiger partial charge in [0, 0.05) is 18.3 Å². The molecule has 1 amide bonds. The summed E-state index contributed by atoms with van der Waals surface area (Å²) in [4.78, 5) is 12.2. The molecule has 2 rings (SSSR count). The van der Waals surface area contributed by atoms with Gasteiger partial charge in [0.1, 0.15) is 0 Å². The Bertz CT molecular complexity index is 852. The summed E-state index contributed by atoms with van der Waals surface area (Å²) in [5, 5.41) is 3.45. The normalized spacial score (nSPS) is 11.2. The summed E-state index contributed by atoms with van der Waals surface area (Å²) >= 11 is 11.7. The molecule has 2 aromatic carbocycles. The van der Waals surface area contributed by atoms with Gasteiger partial charge in [-0.1, -0.05) is 23.2 Å². The van der Waals surface area contributed by atoms with Crippen LogP contribution in [0.2, 0.25) is 10.0 Å². The molecule has 0 fully saturated rings. The third kappa shape index (κ3) is 4.20. The van der Waals surface area contributed by atoms with E-state index in [0.29, 0.717) is 27.0 Å². The van der Waals surface area contributed by atoms with Gasteiger partial charge in [-0.2, -0.15) is 0 Å². The lowest BCUT2D eigenvalue weighted by Crippen LogP contribution is -2.28. The van der Waals surface area contributed by atoms with E-state index in [0.717, 1.165) is 0 Å². The van der Waals surface area contributed by atoms with Crippen molar-refractivity contribution >= 4 is 50.5 Å². The van der Waals surface area contributed by atoms with Gasteiger partial charge in [-0.25, -0.2) is 8.42 Å². The monoisotopic (exact) mass is 386 g/mol. The Balaban J connectivity index is 2.15. The fraction of sp³-hybridized carbons (Fsp3) is 0.188. The zero-order valence-electron chi connectivity index (χ0n) is 13.1. The van der Waals surface area contributed by atoms with E-state index in [1.165, 1.54) is 11.4 Å². The van der Waals surface area contributed by atoms with E-state index in [1.807, 2.05) is 0 Å². The Morgan fingerprint density at radius 1 is 1.08 bits per heavy atom. The number of hydrogen-bond donors (Lipinski definition) is 1. The molecular weight excluding hydrogens is 371 g/mol. The predicted molar refractivity (Wildman–Crippen MR) is 98.7 cm³/mol. The fourth-order valence-electron chi connectivity index (χ4n) is 1.95. The van der Waals surface area contributed by atoms with Crippen LogP contribution < -0.4 is 9.62 Å². The van der Waals surface area contributed by atoms with Crippen molar-refractivity contribution < 1.29 is 13.2 Å². The second kappa shape index (κ2) is 7.42. The maximum Gasteiger partial charge on any atom is 0.255 e. The van der Waals surface area contributed by atoms with E-state index >= 15 is 0 Å². The summed E-state index contributed by atoms with van der Waals surface area (Å²) in [5.74, 6) is -0.329. The average molecular weight is 387 g/mol. The first-order valence-electron chi connectivity index (χ1n) is 7.07. The molecule has 0 saturated heterocycles. The van der Waals surface area contributed by atoms with E-state index < -0.39 is 10.0 Å². The Hall–Kier alpha value is -1.76. The molecule has 0 bridgehead atoms. The third-order valence-corrected chi connectivity index (χ3v) is 5.97. The number of nitrogens with zero attached hydrogens (tertiary/aromatic N) is 1. The molecule has 24 heavy (non-hydrogen) atoms. The molecule has 5 nitrogen and oxygen atoms in total. The van der Waals surface area contributed by atoms with E-state index in [4.69, 9.17) is 23.2 Å². The van der Waals surface area contributed by atoms with Crippen molar-refractivity contribution in [3.8, 4) is 0 Å². The van der Waals surface area contributed by atoms with Crippen molar-refractivity contribution in [2.45, 2.75) is 6.92 Å². The number of amides is 1. The zero-order valence-corrected chi connectivity index (χ0v) is 15.4. The van der Waals surface area contributed by atoms with Crippen LogP contribution in [0.4, 0.5) is 11.4 Å². The Kier molecular flexibility index (Phi) is 5.74. The van der Waals surface area contributed by atoms with Gasteiger partial charge >= 0.3 is 0 Å². The molecule has 0 spiro atoms. The highest BCUT2D eigenvalue weighted by Gasteiger charge is 2.16. The summed E-state index contributed by atoms with van der Waals surface area (Å²) in [7, 11) is -1.86. The Morgan fingerprint density at radius 2 is 1.71 bits per heavy atom. The zero-order chi connectivity index (χ0) is 17.9. The third-order valence-electron chi connectivity index (χ3n) is 3.45. The standard InChI is InChI=1S/C16H16Cl2N2O3S/c1-3-24(22,23)20(2)13-7-4-11(5-8-13)16(21)19-12-6-9-14(17)15(18)10-12/h4-10H,3H2,1-2H3,(H,19,21). The number of nitrogens with one attached hydrogen (secondary N) is 1. The predicted octanol–water partition coefficient (Wildman–Crippen LogP) is 4.03. The highest BCUT2D eigenvalue weighted by Crippen LogP contribution is 2.25. The van der Waals surface area contributed by atoms with Crippen molar-refractivity contribution in [1.29, 1.82) is 0 Å². The Morgan fingerprint density at radius 3 is 2.25 bits per heavy atom. The molecule has 128 valence electrons. The fourth-order valence-corrected chi connectivity index (χ4v) is 3.08. The first kappa shape index (κ1) is 18.6. The van der Waals surface area contributed by atoms with Gasteiger partial charge in [0.2, 0.25) is 10.0 Å². The van der Waals surface area contributed by atoms with Gasteiger partial charge in [0.25, 0.3) is 5.91 Å². The largest absolute Gasteiger partial charge is 0.322 e. The van der Waals surface area contributed by atoms with Crippen LogP contribution in [0.25, 0.3) is 0 Å².